The zero-order chi connectivity index (χ0) is 11.8. The quantitative estimate of drug-likeness (QED) is 0.506. The molecule has 0 aromatic heterocycles. The van der Waals surface area contributed by atoms with Crippen molar-refractivity contribution in [3.8, 4) is 0 Å². The van der Waals surface area contributed by atoms with Crippen molar-refractivity contribution in [2.75, 3.05) is 0 Å². The number of hydrogen-bond donors (Lipinski definition) is 3. The smallest absolute Gasteiger partial charge is 0.285 e. The fourth-order valence-corrected chi connectivity index (χ4v) is 2.54. The minimum atomic E-state index is -3.77. The lowest BCUT2D eigenvalue weighted by Crippen LogP contribution is -2.24. The molecular formula is C9H13ClN4O2S. The fourth-order valence-electron chi connectivity index (χ4n) is 1.62. The van der Waals surface area contributed by atoms with E-state index in [0.717, 1.165) is 17.7 Å². The Hall–Kier alpha value is -1.31. The van der Waals surface area contributed by atoms with Gasteiger partial charge < -0.3 is 16.8 Å². The van der Waals surface area contributed by atoms with Crippen LogP contribution in [0.2, 0.25) is 0 Å². The summed E-state index contributed by atoms with van der Waals surface area (Å²) in [4.78, 5) is 0.114. The highest BCUT2D eigenvalue weighted by Crippen LogP contribution is 2.21. The molecule has 1 aromatic carbocycles. The van der Waals surface area contributed by atoms with Gasteiger partial charge in [-0.15, -0.1) is 16.8 Å². The first-order valence-electron chi connectivity index (χ1n) is 4.67. The number of guanidine groups is 1. The Morgan fingerprint density at radius 2 is 1.88 bits per heavy atom. The molecule has 0 spiro atoms. The second-order valence-corrected chi connectivity index (χ2v) is 5.13. The first kappa shape index (κ1) is 13.8. The van der Waals surface area contributed by atoms with Crippen LogP contribution in [0, 0.1) is 0 Å². The van der Waals surface area contributed by atoms with Gasteiger partial charge in [-0.05, 0) is 23.3 Å². The normalized spacial score (nSPS) is 13.6. The number of halogens is 1. The molecule has 1 heterocycles. The molecule has 0 atom stereocenters. The number of rotatable bonds is 2. The Morgan fingerprint density at radius 1 is 1.24 bits per heavy atom. The highest BCUT2D eigenvalue weighted by Gasteiger charge is 2.17. The summed E-state index contributed by atoms with van der Waals surface area (Å²) in [5, 5.41) is 3.13. The van der Waals surface area contributed by atoms with Crippen LogP contribution in [0.25, 0.3) is 0 Å². The van der Waals surface area contributed by atoms with Crippen molar-refractivity contribution in [1.29, 1.82) is 0 Å². The monoisotopic (exact) mass is 276 g/mol. The number of nitrogens with zero attached hydrogens (tertiary/aromatic N) is 1. The zero-order valence-electron chi connectivity index (χ0n) is 8.88. The van der Waals surface area contributed by atoms with Gasteiger partial charge in [-0.1, -0.05) is 6.07 Å². The van der Waals surface area contributed by atoms with E-state index in [9.17, 15) is 8.42 Å². The molecule has 8 heteroatoms. The van der Waals surface area contributed by atoms with E-state index >= 15 is 0 Å². The Bertz CT molecular complexity index is 552. The van der Waals surface area contributed by atoms with Crippen molar-refractivity contribution < 1.29 is 8.42 Å². The minimum absolute atomic E-state index is 0. The van der Waals surface area contributed by atoms with Gasteiger partial charge in [0.25, 0.3) is 10.0 Å². The molecule has 2 rings (SSSR count). The summed E-state index contributed by atoms with van der Waals surface area (Å²) in [5.74, 6) is -0.460. The maximum Gasteiger partial charge on any atom is 0.285 e. The molecule has 0 saturated heterocycles. The van der Waals surface area contributed by atoms with E-state index in [4.69, 9.17) is 11.5 Å². The lowest BCUT2D eigenvalue weighted by molar-refractivity contribution is 0.598. The number of nitrogens with two attached hydrogens (primary N) is 2. The number of sulfonamides is 1. The summed E-state index contributed by atoms with van der Waals surface area (Å²) >= 11 is 0. The van der Waals surface area contributed by atoms with Crippen LogP contribution in [0.3, 0.4) is 0 Å². The van der Waals surface area contributed by atoms with E-state index in [1.807, 2.05) is 0 Å². The molecule has 5 N–H and O–H groups in total. The molecule has 1 aliphatic heterocycles. The predicted octanol–water partition coefficient (Wildman–Crippen LogP) is -0.326. The summed E-state index contributed by atoms with van der Waals surface area (Å²) in [6.45, 7) is 1.43. The SMILES string of the molecule is Cl.NC(N)=NS(=O)(=O)c1ccc2c(c1)CNC2. The molecule has 0 aliphatic carbocycles. The Balaban J connectivity index is 0.00000144. The van der Waals surface area contributed by atoms with Gasteiger partial charge >= 0.3 is 0 Å². The van der Waals surface area contributed by atoms with E-state index in [0.29, 0.717) is 6.54 Å². The average molecular weight is 277 g/mol. The van der Waals surface area contributed by atoms with Crippen LogP contribution < -0.4 is 16.8 Å². The third-order valence-corrected chi connectivity index (χ3v) is 3.63. The highest BCUT2D eigenvalue weighted by molar-refractivity contribution is 7.90. The maximum absolute atomic E-state index is 11.7. The predicted molar refractivity (Wildman–Crippen MR) is 67.2 cm³/mol. The van der Waals surface area contributed by atoms with Crippen LogP contribution in [0.15, 0.2) is 27.5 Å². The average Bonchev–Trinajstić information content (AvgIpc) is 2.61. The summed E-state index contributed by atoms with van der Waals surface area (Å²) < 4.78 is 26.6. The van der Waals surface area contributed by atoms with Crippen LogP contribution in [0.1, 0.15) is 11.1 Å². The maximum atomic E-state index is 11.7. The molecular weight excluding hydrogens is 264 g/mol. The molecule has 17 heavy (non-hydrogen) atoms. The van der Waals surface area contributed by atoms with Gasteiger partial charge in [-0.2, -0.15) is 8.42 Å². The summed E-state index contributed by atoms with van der Waals surface area (Å²) in [5.41, 5.74) is 12.2. The van der Waals surface area contributed by atoms with Crippen molar-refractivity contribution in [3.63, 3.8) is 0 Å². The third-order valence-electron chi connectivity index (χ3n) is 2.33. The largest absolute Gasteiger partial charge is 0.369 e. The van der Waals surface area contributed by atoms with Crippen LogP contribution in [-0.2, 0) is 23.1 Å². The van der Waals surface area contributed by atoms with E-state index in [1.165, 1.54) is 6.07 Å². The molecule has 1 aliphatic rings. The topological polar surface area (TPSA) is 111 Å². The summed E-state index contributed by atoms with van der Waals surface area (Å²) in [7, 11) is -3.77. The number of fused-ring (bicyclic) bond motifs is 1. The van der Waals surface area contributed by atoms with Crippen molar-refractivity contribution in [3.05, 3.63) is 29.3 Å². The van der Waals surface area contributed by atoms with E-state index in [-0.39, 0.29) is 17.3 Å². The second kappa shape index (κ2) is 4.91. The number of benzene rings is 1. The van der Waals surface area contributed by atoms with Gasteiger partial charge in [0.05, 0.1) is 4.90 Å². The van der Waals surface area contributed by atoms with Gasteiger partial charge in [0.15, 0.2) is 0 Å². The van der Waals surface area contributed by atoms with Crippen molar-refractivity contribution in [2.45, 2.75) is 18.0 Å². The minimum Gasteiger partial charge on any atom is -0.369 e. The molecule has 1 aromatic rings. The van der Waals surface area contributed by atoms with Crippen LogP contribution in [0.5, 0.6) is 0 Å². The molecule has 94 valence electrons. The van der Waals surface area contributed by atoms with E-state index in [1.54, 1.807) is 12.1 Å². The third kappa shape index (κ3) is 2.87. The van der Waals surface area contributed by atoms with Gasteiger partial charge in [0, 0.05) is 13.1 Å². The van der Waals surface area contributed by atoms with Gasteiger partial charge in [0.1, 0.15) is 0 Å². The number of nitrogens with one attached hydrogen (secondary N) is 1. The van der Waals surface area contributed by atoms with Crippen LogP contribution in [-0.4, -0.2) is 14.4 Å². The van der Waals surface area contributed by atoms with Crippen molar-refractivity contribution in [2.24, 2.45) is 15.9 Å². The first-order chi connectivity index (χ1) is 7.49. The first-order valence-corrected chi connectivity index (χ1v) is 6.11. The molecule has 0 amide bonds. The van der Waals surface area contributed by atoms with Gasteiger partial charge in [-0.3, -0.25) is 0 Å². The molecule has 0 fully saturated rings. The highest BCUT2D eigenvalue weighted by atomic mass is 35.5. The molecule has 0 bridgehead atoms. The molecule has 0 unspecified atom stereocenters. The lowest BCUT2D eigenvalue weighted by atomic mass is 10.1. The standard InChI is InChI=1S/C9H12N4O2S.ClH/c10-9(11)13-16(14,15)8-2-1-6-4-12-5-7(6)3-8;/h1-3,12H,4-5H2,(H4,10,11,13);1H. The summed E-state index contributed by atoms with van der Waals surface area (Å²) in [6, 6.07) is 4.87. The zero-order valence-corrected chi connectivity index (χ0v) is 10.5. The lowest BCUT2D eigenvalue weighted by Gasteiger charge is -2.02. The second-order valence-electron chi connectivity index (χ2n) is 3.53. The molecule has 0 saturated carbocycles. The van der Waals surface area contributed by atoms with Gasteiger partial charge in [0.2, 0.25) is 5.96 Å². The molecule has 6 nitrogen and oxygen atoms in total. The summed E-state index contributed by atoms with van der Waals surface area (Å²) in [6.07, 6.45) is 0. The molecule has 0 radical (unpaired) electrons. The number of hydrogen-bond acceptors (Lipinski definition) is 3. The van der Waals surface area contributed by atoms with E-state index in [2.05, 4.69) is 9.71 Å². The Labute approximate surface area is 106 Å². The Morgan fingerprint density at radius 3 is 2.53 bits per heavy atom. The fraction of sp³-hybridized carbons (Fsp3) is 0.222. The van der Waals surface area contributed by atoms with E-state index < -0.39 is 16.0 Å². The van der Waals surface area contributed by atoms with Crippen LogP contribution in [0.4, 0.5) is 0 Å². The van der Waals surface area contributed by atoms with Crippen molar-refractivity contribution >= 4 is 28.4 Å². The Kier molecular flexibility index (Phi) is 3.97. The van der Waals surface area contributed by atoms with Gasteiger partial charge in [-0.25, -0.2) is 0 Å². The van der Waals surface area contributed by atoms with Crippen molar-refractivity contribution in [1.82, 2.24) is 5.32 Å². The van der Waals surface area contributed by atoms with Crippen LogP contribution >= 0.6 is 12.4 Å².